The fourth-order valence-corrected chi connectivity index (χ4v) is 4.54. The Bertz CT molecular complexity index is 1260. The molecule has 1 unspecified atom stereocenters. The van der Waals surface area contributed by atoms with Crippen LogP contribution in [0.5, 0.6) is 0 Å². The SMILES string of the molecule is Cc1ccc(-c2ncccn2)c(C(=O)N2CC3(CC3)CC2CNc2ncc(C(F)(F)F)cc2F)n1. The summed E-state index contributed by atoms with van der Waals surface area (Å²) in [5, 5.41) is 2.80. The number of likely N-dealkylation sites (tertiary alicyclic amines) is 1. The van der Waals surface area contributed by atoms with E-state index >= 15 is 0 Å². The number of anilines is 1. The van der Waals surface area contributed by atoms with Crippen molar-refractivity contribution in [2.75, 3.05) is 18.4 Å². The van der Waals surface area contributed by atoms with E-state index in [0.717, 1.165) is 12.8 Å². The maximum atomic E-state index is 14.3. The van der Waals surface area contributed by atoms with Gasteiger partial charge in [-0.15, -0.1) is 0 Å². The van der Waals surface area contributed by atoms with E-state index in [2.05, 4.69) is 25.3 Å². The third kappa shape index (κ3) is 4.67. The molecule has 1 aliphatic heterocycles. The van der Waals surface area contributed by atoms with Crippen molar-refractivity contribution in [2.45, 2.75) is 38.4 Å². The Morgan fingerprint density at radius 3 is 2.60 bits per heavy atom. The molecule has 1 spiro atoms. The summed E-state index contributed by atoms with van der Waals surface area (Å²) >= 11 is 0. The van der Waals surface area contributed by atoms with E-state index in [0.29, 0.717) is 42.3 Å². The first kappa shape index (κ1) is 23.1. The monoisotopic (exact) mass is 486 g/mol. The second kappa shape index (κ2) is 8.54. The summed E-state index contributed by atoms with van der Waals surface area (Å²) in [5.74, 6) is -1.28. The van der Waals surface area contributed by atoms with Crippen LogP contribution in [-0.4, -0.2) is 49.9 Å². The lowest BCUT2D eigenvalue weighted by Gasteiger charge is -2.26. The molecule has 35 heavy (non-hydrogen) atoms. The molecule has 1 atom stereocenters. The molecule has 3 aromatic heterocycles. The van der Waals surface area contributed by atoms with Gasteiger partial charge in [-0.1, -0.05) is 0 Å². The van der Waals surface area contributed by atoms with Crippen LogP contribution in [-0.2, 0) is 6.18 Å². The predicted octanol–water partition coefficient (Wildman–Crippen LogP) is 4.51. The Balaban J connectivity index is 1.39. The molecule has 2 fully saturated rings. The van der Waals surface area contributed by atoms with Crippen LogP contribution in [0, 0.1) is 18.2 Å². The molecule has 182 valence electrons. The van der Waals surface area contributed by atoms with E-state index in [1.165, 1.54) is 0 Å². The van der Waals surface area contributed by atoms with Gasteiger partial charge < -0.3 is 10.2 Å². The number of nitrogens with one attached hydrogen (secondary N) is 1. The Kier molecular flexibility index (Phi) is 5.65. The maximum Gasteiger partial charge on any atom is 0.417 e. The van der Waals surface area contributed by atoms with Crippen molar-refractivity contribution in [3.05, 3.63) is 65.6 Å². The molecule has 5 rings (SSSR count). The number of hydrogen-bond acceptors (Lipinski definition) is 6. The quantitative estimate of drug-likeness (QED) is 0.535. The number of hydrogen-bond donors (Lipinski definition) is 1. The molecule has 1 amide bonds. The van der Waals surface area contributed by atoms with Crippen LogP contribution in [0.15, 0.2) is 42.9 Å². The minimum Gasteiger partial charge on any atom is -0.366 e. The molecule has 1 saturated carbocycles. The third-order valence-electron chi connectivity index (χ3n) is 6.55. The van der Waals surface area contributed by atoms with E-state index in [-0.39, 0.29) is 35.4 Å². The number of rotatable bonds is 5. The van der Waals surface area contributed by atoms with E-state index in [1.54, 1.807) is 42.4 Å². The van der Waals surface area contributed by atoms with Crippen LogP contribution in [0.2, 0.25) is 0 Å². The Labute approximate surface area is 198 Å². The molecule has 0 bridgehead atoms. The number of aromatic nitrogens is 4. The van der Waals surface area contributed by atoms with Crippen molar-refractivity contribution in [3.63, 3.8) is 0 Å². The predicted molar refractivity (Wildman–Crippen MR) is 119 cm³/mol. The van der Waals surface area contributed by atoms with Gasteiger partial charge in [-0.2, -0.15) is 13.2 Å². The van der Waals surface area contributed by atoms with Crippen LogP contribution in [0.4, 0.5) is 23.4 Å². The van der Waals surface area contributed by atoms with Crippen molar-refractivity contribution < 1.29 is 22.4 Å². The smallest absolute Gasteiger partial charge is 0.366 e. The summed E-state index contributed by atoms with van der Waals surface area (Å²) in [6.45, 7) is 2.47. The van der Waals surface area contributed by atoms with Crippen molar-refractivity contribution in [2.24, 2.45) is 5.41 Å². The zero-order chi connectivity index (χ0) is 24.8. The largest absolute Gasteiger partial charge is 0.417 e. The molecule has 2 aliphatic rings. The standard InChI is InChI=1S/C24H22F4N6O/c1-14-3-4-17(20-29-7-2-8-30-20)19(33-14)22(35)34-13-23(5-6-23)10-16(34)12-32-21-18(25)9-15(11-31-21)24(26,27)28/h2-4,7-9,11,16H,5-6,10,12-13H2,1H3,(H,31,32). The minimum atomic E-state index is -4.68. The number of nitrogens with zero attached hydrogens (tertiary/aromatic N) is 5. The summed E-state index contributed by atoms with van der Waals surface area (Å²) in [6, 6.07) is 5.34. The van der Waals surface area contributed by atoms with Gasteiger partial charge in [0.25, 0.3) is 5.91 Å². The Morgan fingerprint density at radius 1 is 1.20 bits per heavy atom. The highest BCUT2D eigenvalue weighted by Gasteiger charge is 2.53. The zero-order valence-corrected chi connectivity index (χ0v) is 18.8. The lowest BCUT2D eigenvalue weighted by molar-refractivity contribution is -0.138. The highest BCUT2D eigenvalue weighted by Crippen LogP contribution is 2.55. The van der Waals surface area contributed by atoms with Gasteiger partial charge >= 0.3 is 6.18 Å². The van der Waals surface area contributed by atoms with Gasteiger partial charge in [-0.25, -0.2) is 24.3 Å². The van der Waals surface area contributed by atoms with E-state index in [1.807, 2.05) is 0 Å². The number of amides is 1. The van der Waals surface area contributed by atoms with Gasteiger partial charge in [0, 0.05) is 43.4 Å². The zero-order valence-electron chi connectivity index (χ0n) is 18.8. The Hall–Kier alpha value is -3.63. The van der Waals surface area contributed by atoms with E-state index in [9.17, 15) is 22.4 Å². The van der Waals surface area contributed by atoms with Gasteiger partial charge in [0.05, 0.1) is 11.1 Å². The molecule has 1 N–H and O–H groups in total. The topological polar surface area (TPSA) is 83.9 Å². The van der Waals surface area contributed by atoms with Crippen molar-refractivity contribution in [1.82, 2.24) is 24.8 Å². The second-order valence-corrected chi connectivity index (χ2v) is 9.15. The molecule has 0 radical (unpaired) electrons. The average Bonchev–Trinajstić information content (AvgIpc) is 3.49. The van der Waals surface area contributed by atoms with Gasteiger partial charge in [-0.05, 0) is 55.9 Å². The molecular weight excluding hydrogens is 464 g/mol. The van der Waals surface area contributed by atoms with E-state index in [4.69, 9.17) is 0 Å². The van der Waals surface area contributed by atoms with Crippen LogP contribution in [0.25, 0.3) is 11.4 Å². The van der Waals surface area contributed by atoms with Crippen molar-refractivity contribution in [1.29, 1.82) is 0 Å². The number of carbonyl (C=O) groups excluding carboxylic acids is 1. The number of halogens is 4. The first-order valence-electron chi connectivity index (χ1n) is 11.2. The molecule has 0 aromatic carbocycles. The van der Waals surface area contributed by atoms with Crippen LogP contribution >= 0.6 is 0 Å². The second-order valence-electron chi connectivity index (χ2n) is 9.15. The average molecular weight is 486 g/mol. The molecule has 11 heteroatoms. The first-order valence-corrected chi connectivity index (χ1v) is 11.2. The fourth-order valence-electron chi connectivity index (χ4n) is 4.54. The number of alkyl halides is 3. The van der Waals surface area contributed by atoms with E-state index < -0.39 is 17.6 Å². The summed E-state index contributed by atoms with van der Waals surface area (Å²) in [4.78, 5) is 32.0. The van der Waals surface area contributed by atoms with Gasteiger partial charge in [0.15, 0.2) is 17.5 Å². The molecule has 7 nitrogen and oxygen atoms in total. The minimum absolute atomic E-state index is 0.0152. The summed E-state index contributed by atoms with van der Waals surface area (Å²) in [6.07, 6.45) is 1.76. The third-order valence-corrected chi connectivity index (χ3v) is 6.55. The highest BCUT2D eigenvalue weighted by molar-refractivity contribution is 5.98. The highest BCUT2D eigenvalue weighted by atomic mass is 19.4. The molecular formula is C24H22F4N6O. The molecule has 1 saturated heterocycles. The van der Waals surface area contributed by atoms with Gasteiger partial charge in [0.2, 0.25) is 0 Å². The fraction of sp³-hybridized carbons (Fsp3) is 0.375. The number of pyridine rings is 2. The number of aryl methyl sites for hydroxylation is 1. The van der Waals surface area contributed by atoms with Gasteiger partial charge in [0.1, 0.15) is 5.69 Å². The number of carbonyl (C=O) groups is 1. The molecule has 1 aliphatic carbocycles. The summed E-state index contributed by atoms with van der Waals surface area (Å²) < 4.78 is 52.8. The molecule has 4 heterocycles. The summed E-state index contributed by atoms with van der Waals surface area (Å²) in [5.41, 5.74) is 0.273. The first-order chi connectivity index (χ1) is 16.7. The van der Waals surface area contributed by atoms with Crippen LogP contribution < -0.4 is 5.32 Å². The van der Waals surface area contributed by atoms with Crippen LogP contribution in [0.1, 0.15) is 41.0 Å². The lowest BCUT2D eigenvalue weighted by Crippen LogP contribution is -2.40. The lowest BCUT2D eigenvalue weighted by atomic mass is 10.0. The van der Waals surface area contributed by atoms with Gasteiger partial charge in [-0.3, -0.25) is 4.79 Å². The maximum absolute atomic E-state index is 14.3. The molecule has 3 aromatic rings. The van der Waals surface area contributed by atoms with Crippen LogP contribution in [0.3, 0.4) is 0 Å². The van der Waals surface area contributed by atoms with Crippen molar-refractivity contribution in [3.8, 4) is 11.4 Å². The Morgan fingerprint density at radius 2 is 1.94 bits per heavy atom. The summed E-state index contributed by atoms with van der Waals surface area (Å²) in [7, 11) is 0. The normalized spacial score (nSPS) is 18.7. The van der Waals surface area contributed by atoms with Crippen molar-refractivity contribution >= 4 is 11.7 Å².